The molecule has 1 atom stereocenters. The van der Waals surface area contributed by atoms with Gasteiger partial charge in [-0.05, 0) is 30.3 Å². The second kappa shape index (κ2) is 5.23. The first kappa shape index (κ1) is 14.7. The number of Topliss-reactive ketones (excluding diaryl/α,β-unsaturated/α-hetero) is 1. The highest BCUT2D eigenvalue weighted by Crippen LogP contribution is 2.40. The SMILES string of the molecule is Nc1cccc(C(=O)CC2(O)C(=O)Nc3ccc(Br)cc32)c1. The molecule has 5 nitrogen and oxygen atoms in total. The van der Waals surface area contributed by atoms with Gasteiger partial charge in [-0.2, -0.15) is 0 Å². The first-order chi connectivity index (χ1) is 10.4. The zero-order valence-electron chi connectivity index (χ0n) is 11.5. The molecule has 0 saturated carbocycles. The molecule has 112 valence electrons. The highest BCUT2D eigenvalue weighted by Gasteiger charge is 2.46. The summed E-state index contributed by atoms with van der Waals surface area (Å²) in [5.41, 5.74) is 5.51. The summed E-state index contributed by atoms with van der Waals surface area (Å²) in [6.07, 6.45) is -0.342. The highest BCUT2D eigenvalue weighted by atomic mass is 79.9. The van der Waals surface area contributed by atoms with E-state index in [1.54, 1.807) is 36.4 Å². The summed E-state index contributed by atoms with van der Waals surface area (Å²) in [7, 11) is 0. The largest absolute Gasteiger partial charge is 0.399 e. The number of fused-ring (bicyclic) bond motifs is 1. The van der Waals surface area contributed by atoms with Crippen molar-refractivity contribution in [1.29, 1.82) is 0 Å². The fraction of sp³-hybridized carbons (Fsp3) is 0.125. The first-order valence-electron chi connectivity index (χ1n) is 6.63. The summed E-state index contributed by atoms with van der Waals surface area (Å²) in [5, 5.41) is 13.3. The fourth-order valence-corrected chi connectivity index (χ4v) is 2.90. The van der Waals surface area contributed by atoms with E-state index in [-0.39, 0.29) is 12.2 Å². The number of amides is 1. The Balaban J connectivity index is 1.96. The average Bonchev–Trinajstić information content (AvgIpc) is 2.71. The average molecular weight is 361 g/mol. The van der Waals surface area contributed by atoms with Gasteiger partial charge in [0.1, 0.15) is 0 Å². The minimum absolute atomic E-state index is 0.342. The van der Waals surface area contributed by atoms with Crippen LogP contribution in [0.25, 0.3) is 0 Å². The molecule has 0 aliphatic carbocycles. The van der Waals surface area contributed by atoms with Crippen molar-refractivity contribution in [3.8, 4) is 0 Å². The van der Waals surface area contributed by atoms with Gasteiger partial charge in [0.05, 0.1) is 6.42 Å². The van der Waals surface area contributed by atoms with Crippen LogP contribution in [-0.2, 0) is 10.4 Å². The van der Waals surface area contributed by atoms with Crippen LogP contribution in [0.15, 0.2) is 46.9 Å². The van der Waals surface area contributed by atoms with Gasteiger partial charge in [-0.3, -0.25) is 9.59 Å². The minimum atomic E-state index is -1.87. The number of rotatable bonds is 3. The minimum Gasteiger partial charge on any atom is -0.399 e. The van der Waals surface area contributed by atoms with Crippen LogP contribution in [-0.4, -0.2) is 16.8 Å². The number of hydrogen-bond acceptors (Lipinski definition) is 4. The predicted octanol–water partition coefficient (Wildman–Crippen LogP) is 2.44. The standard InChI is InChI=1S/C16H13BrN2O3/c17-10-4-5-13-12(7-10)16(22,15(21)19-13)8-14(20)9-2-1-3-11(18)6-9/h1-7,22H,8,18H2,(H,19,21). The molecule has 0 aromatic heterocycles. The predicted molar refractivity (Wildman–Crippen MR) is 86.5 cm³/mol. The number of ketones is 1. The van der Waals surface area contributed by atoms with Crippen LogP contribution < -0.4 is 11.1 Å². The van der Waals surface area contributed by atoms with E-state index in [0.717, 1.165) is 4.47 Å². The van der Waals surface area contributed by atoms with E-state index in [0.29, 0.717) is 22.5 Å². The number of nitrogen functional groups attached to an aromatic ring is 1. The number of hydrogen-bond donors (Lipinski definition) is 3. The molecule has 0 bridgehead atoms. The molecule has 2 aromatic rings. The van der Waals surface area contributed by atoms with Gasteiger partial charge in [-0.25, -0.2) is 0 Å². The van der Waals surface area contributed by atoms with E-state index in [1.807, 2.05) is 0 Å². The lowest BCUT2D eigenvalue weighted by Gasteiger charge is -2.20. The summed E-state index contributed by atoms with van der Waals surface area (Å²) in [5.74, 6) is -0.948. The van der Waals surface area contributed by atoms with Crippen molar-refractivity contribution < 1.29 is 14.7 Å². The molecular weight excluding hydrogens is 348 g/mol. The number of aliphatic hydroxyl groups is 1. The van der Waals surface area contributed by atoms with E-state index in [1.165, 1.54) is 6.07 Å². The Morgan fingerprint density at radius 1 is 1.27 bits per heavy atom. The second-order valence-corrected chi connectivity index (χ2v) is 6.15. The molecule has 1 amide bonds. The molecule has 0 fully saturated rings. The Morgan fingerprint density at radius 3 is 2.77 bits per heavy atom. The Bertz CT molecular complexity index is 791. The molecule has 2 aromatic carbocycles. The van der Waals surface area contributed by atoms with Gasteiger partial charge in [-0.15, -0.1) is 0 Å². The summed E-state index contributed by atoms with van der Waals surface area (Å²) in [6.45, 7) is 0. The number of anilines is 2. The van der Waals surface area contributed by atoms with Crippen LogP contribution in [0.1, 0.15) is 22.3 Å². The van der Waals surface area contributed by atoms with E-state index in [9.17, 15) is 14.7 Å². The smallest absolute Gasteiger partial charge is 0.261 e. The van der Waals surface area contributed by atoms with Crippen molar-refractivity contribution in [2.45, 2.75) is 12.0 Å². The number of nitrogens with two attached hydrogens (primary N) is 1. The van der Waals surface area contributed by atoms with Crippen molar-refractivity contribution in [2.75, 3.05) is 11.1 Å². The van der Waals surface area contributed by atoms with Crippen LogP contribution in [0.5, 0.6) is 0 Å². The van der Waals surface area contributed by atoms with E-state index < -0.39 is 11.5 Å². The molecule has 1 aliphatic heterocycles. The normalized spacial score (nSPS) is 19.6. The van der Waals surface area contributed by atoms with Gasteiger partial charge in [-0.1, -0.05) is 28.1 Å². The molecule has 1 heterocycles. The van der Waals surface area contributed by atoms with Crippen molar-refractivity contribution in [3.63, 3.8) is 0 Å². The van der Waals surface area contributed by atoms with Gasteiger partial charge in [0.15, 0.2) is 11.4 Å². The number of carbonyl (C=O) groups excluding carboxylic acids is 2. The Labute approximate surface area is 135 Å². The molecule has 22 heavy (non-hydrogen) atoms. The monoisotopic (exact) mass is 360 g/mol. The Morgan fingerprint density at radius 2 is 2.05 bits per heavy atom. The van der Waals surface area contributed by atoms with Gasteiger partial charge >= 0.3 is 0 Å². The van der Waals surface area contributed by atoms with Crippen LogP contribution in [0, 0.1) is 0 Å². The van der Waals surface area contributed by atoms with Crippen molar-refractivity contribution in [3.05, 3.63) is 58.1 Å². The second-order valence-electron chi connectivity index (χ2n) is 5.23. The Hall–Kier alpha value is -2.18. The first-order valence-corrected chi connectivity index (χ1v) is 7.42. The molecular formula is C16H13BrN2O3. The number of carbonyl (C=O) groups is 2. The van der Waals surface area contributed by atoms with Crippen molar-refractivity contribution in [2.24, 2.45) is 0 Å². The maximum Gasteiger partial charge on any atom is 0.261 e. The van der Waals surface area contributed by atoms with E-state index in [4.69, 9.17) is 5.73 Å². The maximum atomic E-state index is 12.4. The molecule has 0 radical (unpaired) electrons. The van der Waals surface area contributed by atoms with E-state index in [2.05, 4.69) is 21.2 Å². The van der Waals surface area contributed by atoms with Crippen molar-refractivity contribution >= 4 is 39.0 Å². The molecule has 3 rings (SSSR count). The molecule has 4 N–H and O–H groups in total. The highest BCUT2D eigenvalue weighted by molar-refractivity contribution is 9.10. The van der Waals surface area contributed by atoms with Gasteiger partial charge in [0, 0.05) is 27.0 Å². The molecule has 1 aliphatic rings. The topological polar surface area (TPSA) is 92.4 Å². The third kappa shape index (κ3) is 2.40. The van der Waals surface area contributed by atoms with E-state index >= 15 is 0 Å². The summed E-state index contributed by atoms with van der Waals surface area (Å²) >= 11 is 3.31. The summed E-state index contributed by atoms with van der Waals surface area (Å²) in [6, 6.07) is 11.5. The van der Waals surface area contributed by atoms with Gasteiger partial charge in [0.25, 0.3) is 5.91 Å². The molecule has 0 saturated heterocycles. The molecule has 0 spiro atoms. The van der Waals surface area contributed by atoms with Crippen LogP contribution in [0.4, 0.5) is 11.4 Å². The van der Waals surface area contributed by atoms with Gasteiger partial charge in [0.2, 0.25) is 0 Å². The quantitative estimate of drug-likeness (QED) is 0.578. The number of nitrogens with one attached hydrogen (secondary N) is 1. The zero-order valence-corrected chi connectivity index (χ0v) is 13.1. The van der Waals surface area contributed by atoms with Crippen LogP contribution in [0.3, 0.4) is 0 Å². The molecule has 1 unspecified atom stereocenters. The lowest BCUT2D eigenvalue weighted by molar-refractivity contribution is -0.133. The third-order valence-electron chi connectivity index (χ3n) is 3.68. The maximum absolute atomic E-state index is 12.4. The Kier molecular flexibility index (Phi) is 3.50. The number of halogens is 1. The summed E-state index contributed by atoms with van der Waals surface area (Å²) < 4.78 is 0.720. The number of benzene rings is 2. The zero-order chi connectivity index (χ0) is 15.9. The third-order valence-corrected chi connectivity index (χ3v) is 4.17. The fourth-order valence-electron chi connectivity index (χ4n) is 2.54. The van der Waals surface area contributed by atoms with Crippen LogP contribution in [0.2, 0.25) is 0 Å². The molecule has 6 heteroatoms. The van der Waals surface area contributed by atoms with Gasteiger partial charge < -0.3 is 16.2 Å². The van der Waals surface area contributed by atoms with Crippen molar-refractivity contribution in [1.82, 2.24) is 0 Å². The summed E-state index contributed by atoms with van der Waals surface area (Å²) in [4.78, 5) is 24.5. The van der Waals surface area contributed by atoms with Crippen LogP contribution >= 0.6 is 15.9 Å². The lowest BCUT2D eigenvalue weighted by atomic mass is 9.88. The lowest BCUT2D eigenvalue weighted by Crippen LogP contribution is -2.36.